The minimum atomic E-state index is -0.297. The number of hydrogen-bond acceptors (Lipinski definition) is 5. The molecule has 2 aliphatic heterocycles. The standard InChI is InChI=1S/C18H19FN4O2/c19-13-2-1-3-15(8-13)25-16-9-14-11-23(7-6-22(14)12-16)18(24)17-10-20-4-5-21-17/h1-5,8,10,14,16H,6-7,9,11-12H2/t14-,16+/m0/s1. The van der Waals surface area contributed by atoms with Gasteiger partial charge in [-0.15, -0.1) is 0 Å². The summed E-state index contributed by atoms with van der Waals surface area (Å²) in [5, 5.41) is 0. The Morgan fingerprint density at radius 2 is 2.16 bits per heavy atom. The second-order valence-electron chi connectivity index (χ2n) is 6.42. The molecule has 0 unspecified atom stereocenters. The van der Waals surface area contributed by atoms with E-state index < -0.39 is 0 Å². The van der Waals surface area contributed by atoms with E-state index in [1.165, 1.54) is 24.5 Å². The van der Waals surface area contributed by atoms with Crippen LogP contribution >= 0.6 is 0 Å². The van der Waals surface area contributed by atoms with Gasteiger partial charge >= 0.3 is 0 Å². The van der Waals surface area contributed by atoms with Crippen LogP contribution in [0.3, 0.4) is 0 Å². The van der Waals surface area contributed by atoms with Crippen LogP contribution in [-0.4, -0.2) is 64.0 Å². The predicted molar refractivity (Wildman–Crippen MR) is 88.7 cm³/mol. The lowest BCUT2D eigenvalue weighted by Gasteiger charge is -2.36. The summed E-state index contributed by atoms with van der Waals surface area (Å²) in [6, 6.07) is 6.48. The Bertz CT molecular complexity index is 758. The maximum Gasteiger partial charge on any atom is 0.274 e. The third-order valence-corrected chi connectivity index (χ3v) is 4.75. The molecule has 4 rings (SSSR count). The van der Waals surface area contributed by atoms with E-state index in [1.54, 1.807) is 18.3 Å². The number of halogens is 1. The maximum atomic E-state index is 13.3. The number of piperazine rings is 1. The van der Waals surface area contributed by atoms with Gasteiger partial charge < -0.3 is 9.64 Å². The number of ether oxygens (including phenoxy) is 1. The fraction of sp³-hybridized carbons (Fsp3) is 0.389. The number of fused-ring (bicyclic) bond motifs is 1. The highest BCUT2D eigenvalue weighted by Gasteiger charge is 2.38. The zero-order valence-electron chi connectivity index (χ0n) is 13.7. The van der Waals surface area contributed by atoms with Gasteiger partial charge in [-0.25, -0.2) is 9.37 Å². The van der Waals surface area contributed by atoms with Gasteiger partial charge in [0, 0.05) is 57.1 Å². The van der Waals surface area contributed by atoms with Crippen molar-refractivity contribution in [2.24, 2.45) is 0 Å². The van der Waals surface area contributed by atoms with Gasteiger partial charge in [-0.1, -0.05) is 6.07 Å². The number of hydrogen-bond donors (Lipinski definition) is 0. The molecule has 1 aromatic heterocycles. The topological polar surface area (TPSA) is 58.6 Å². The van der Waals surface area contributed by atoms with E-state index in [-0.39, 0.29) is 23.9 Å². The van der Waals surface area contributed by atoms with Crippen molar-refractivity contribution in [1.82, 2.24) is 19.8 Å². The Hall–Kier alpha value is -2.54. The third-order valence-electron chi connectivity index (χ3n) is 4.75. The van der Waals surface area contributed by atoms with Crippen molar-refractivity contribution in [3.05, 3.63) is 54.4 Å². The molecule has 7 heteroatoms. The smallest absolute Gasteiger partial charge is 0.274 e. The minimum absolute atomic E-state index is 0.0124. The molecule has 2 aromatic rings. The van der Waals surface area contributed by atoms with Crippen molar-refractivity contribution < 1.29 is 13.9 Å². The molecule has 130 valence electrons. The minimum Gasteiger partial charge on any atom is -0.489 e. The summed E-state index contributed by atoms with van der Waals surface area (Å²) in [7, 11) is 0. The zero-order chi connectivity index (χ0) is 17.2. The van der Waals surface area contributed by atoms with E-state index in [0.717, 1.165) is 19.5 Å². The summed E-state index contributed by atoms with van der Waals surface area (Å²) < 4.78 is 19.2. The maximum absolute atomic E-state index is 13.3. The Labute approximate surface area is 145 Å². The predicted octanol–water partition coefficient (Wildman–Crippen LogP) is 1.59. The van der Waals surface area contributed by atoms with Crippen molar-refractivity contribution in [2.45, 2.75) is 18.6 Å². The van der Waals surface area contributed by atoms with Gasteiger partial charge in [0.1, 0.15) is 23.4 Å². The van der Waals surface area contributed by atoms with E-state index in [2.05, 4.69) is 14.9 Å². The number of carbonyl (C=O) groups excluding carboxylic acids is 1. The number of amides is 1. The van der Waals surface area contributed by atoms with E-state index in [1.807, 2.05) is 4.90 Å². The van der Waals surface area contributed by atoms with Gasteiger partial charge in [-0.3, -0.25) is 14.7 Å². The molecule has 0 saturated carbocycles. The van der Waals surface area contributed by atoms with E-state index >= 15 is 0 Å². The molecule has 3 heterocycles. The third kappa shape index (κ3) is 3.46. The summed E-state index contributed by atoms with van der Waals surface area (Å²) in [5.74, 6) is 0.175. The number of benzene rings is 1. The Kier molecular flexibility index (Phi) is 4.31. The lowest BCUT2D eigenvalue weighted by atomic mass is 10.1. The van der Waals surface area contributed by atoms with Gasteiger partial charge in [0.25, 0.3) is 5.91 Å². The van der Waals surface area contributed by atoms with Crippen LogP contribution in [-0.2, 0) is 0 Å². The highest BCUT2D eigenvalue weighted by atomic mass is 19.1. The summed E-state index contributed by atoms with van der Waals surface area (Å²) in [6.45, 7) is 2.92. The second-order valence-corrected chi connectivity index (χ2v) is 6.42. The first-order chi connectivity index (χ1) is 12.2. The van der Waals surface area contributed by atoms with Gasteiger partial charge in [-0.05, 0) is 12.1 Å². The first-order valence-electron chi connectivity index (χ1n) is 8.40. The monoisotopic (exact) mass is 342 g/mol. The van der Waals surface area contributed by atoms with Gasteiger partial charge in [-0.2, -0.15) is 0 Å². The fourth-order valence-corrected chi connectivity index (χ4v) is 3.57. The fourth-order valence-electron chi connectivity index (χ4n) is 3.57. The number of nitrogens with zero attached hydrogens (tertiary/aromatic N) is 4. The van der Waals surface area contributed by atoms with Crippen LogP contribution in [0.15, 0.2) is 42.9 Å². The van der Waals surface area contributed by atoms with Crippen LogP contribution in [0.25, 0.3) is 0 Å². The van der Waals surface area contributed by atoms with Crippen LogP contribution in [0.5, 0.6) is 5.75 Å². The van der Waals surface area contributed by atoms with Crippen molar-refractivity contribution >= 4 is 5.91 Å². The first-order valence-corrected chi connectivity index (χ1v) is 8.40. The molecule has 0 aliphatic carbocycles. The molecule has 25 heavy (non-hydrogen) atoms. The normalized spacial score (nSPS) is 23.3. The molecule has 6 nitrogen and oxygen atoms in total. The molecular formula is C18H19FN4O2. The molecule has 0 spiro atoms. The molecule has 0 N–H and O–H groups in total. The summed E-state index contributed by atoms with van der Waals surface area (Å²) in [4.78, 5) is 24.8. The van der Waals surface area contributed by atoms with E-state index in [4.69, 9.17) is 4.74 Å². The summed E-state index contributed by atoms with van der Waals surface area (Å²) in [6.07, 6.45) is 5.42. The average Bonchev–Trinajstić information content (AvgIpc) is 3.03. The molecule has 2 atom stereocenters. The summed E-state index contributed by atoms with van der Waals surface area (Å²) >= 11 is 0. The van der Waals surface area contributed by atoms with Crippen LogP contribution in [0, 0.1) is 5.82 Å². The van der Waals surface area contributed by atoms with Crippen molar-refractivity contribution in [1.29, 1.82) is 0 Å². The SMILES string of the molecule is O=C(c1cnccn1)N1CCN2C[C@H](Oc3cccc(F)c3)C[C@H]2C1. The van der Waals surface area contributed by atoms with Crippen LogP contribution < -0.4 is 4.74 Å². The number of aromatic nitrogens is 2. The Morgan fingerprint density at radius 3 is 2.96 bits per heavy atom. The number of rotatable bonds is 3. The lowest BCUT2D eigenvalue weighted by Crippen LogP contribution is -2.52. The molecule has 2 aliphatic rings. The molecule has 0 radical (unpaired) electrons. The molecule has 1 amide bonds. The molecule has 2 saturated heterocycles. The highest BCUT2D eigenvalue weighted by Crippen LogP contribution is 2.26. The second kappa shape index (κ2) is 6.76. The van der Waals surface area contributed by atoms with Crippen molar-refractivity contribution in [3.8, 4) is 5.75 Å². The van der Waals surface area contributed by atoms with Gasteiger partial charge in [0.2, 0.25) is 0 Å². The van der Waals surface area contributed by atoms with Crippen molar-refractivity contribution in [2.75, 3.05) is 26.2 Å². The molecular weight excluding hydrogens is 323 g/mol. The first kappa shape index (κ1) is 16.0. The van der Waals surface area contributed by atoms with Gasteiger partial charge in [0.15, 0.2) is 0 Å². The molecule has 0 bridgehead atoms. The average molecular weight is 342 g/mol. The Balaban J connectivity index is 1.38. The number of carbonyl (C=O) groups is 1. The largest absolute Gasteiger partial charge is 0.489 e. The van der Waals surface area contributed by atoms with E-state index in [0.29, 0.717) is 24.5 Å². The van der Waals surface area contributed by atoms with Crippen LogP contribution in [0.2, 0.25) is 0 Å². The van der Waals surface area contributed by atoms with Gasteiger partial charge in [0.05, 0.1) is 6.20 Å². The van der Waals surface area contributed by atoms with Crippen molar-refractivity contribution in [3.63, 3.8) is 0 Å². The highest BCUT2D eigenvalue weighted by molar-refractivity contribution is 5.92. The van der Waals surface area contributed by atoms with Crippen LogP contribution in [0.4, 0.5) is 4.39 Å². The summed E-state index contributed by atoms with van der Waals surface area (Å²) in [5.41, 5.74) is 0.376. The lowest BCUT2D eigenvalue weighted by molar-refractivity contribution is 0.0564. The van der Waals surface area contributed by atoms with Crippen LogP contribution in [0.1, 0.15) is 16.9 Å². The molecule has 2 fully saturated rings. The van der Waals surface area contributed by atoms with E-state index in [9.17, 15) is 9.18 Å². The zero-order valence-corrected chi connectivity index (χ0v) is 13.7. The molecule has 1 aromatic carbocycles. The quantitative estimate of drug-likeness (QED) is 0.848. The Morgan fingerprint density at radius 1 is 1.24 bits per heavy atom.